The van der Waals surface area contributed by atoms with E-state index in [4.69, 9.17) is 23.7 Å². The highest BCUT2D eigenvalue weighted by atomic mass is 16.7. The van der Waals surface area contributed by atoms with Crippen LogP contribution < -0.4 is 0 Å². The average molecular weight is 924 g/mol. The molecule has 10 nitrogen and oxygen atoms in total. The maximum absolute atomic E-state index is 13.2. The van der Waals surface area contributed by atoms with Gasteiger partial charge in [0.25, 0.3) is 0 Å². The molecule has 0 aromatic rings. The van der Waals surface area contributed by atoms with Crippen molar-refractivity contribution in [2.24, 2.45) is 11.8 Å². The number of aliphatic hydroxyl groups is 1. The van der Waals surface area contributed by atoms with Crippen LogP contribution in [0.15, 0.2) is 0 Å². The van der Waals surface area contributed by atoms with Gasteiger partial charge in [-0.05, 0) is 83.8 Å². The van der Waals surface area contributed by atoms with Crippen LogP contribution in [0.4, 0.5) is 0 Å². The summed E-state index contributed by atoms with van der Waals surface area (Å²) in [5.74, 6) is -0.375. The van der Waals surface area contributed by atoms with Gasteiger partial charge in [0, 0.05) is 26.6 Å². The molecule has 5 atom stereocenters. The van der Waals surface area contributed by atoms with Crippen molar-refractivity contribution < 1.29 is 43.2 Å². The Morgan fingerprint density at radius 1 is 0.538 bits per heavy atom. The van der Waals surface area contributed by atoms with Crippen molar-refractivity contribution in [1.82, 2.24) is 4.90 Å². The molecule has 0 bridgehead atoms. The van der Waals surface area contributed by atoms with Crippen LogP contribution in [0.2, 0.25) is 0 Å². The van der Waals surface area contributed by atoms with Gasteiger partial charge in [0.05, 0.1) is 24.5 Å². The van der Waals surface area contributed by atoms with Crippen molar-refractivity contribution >= 4 is 17.9 Å². The van der Waals surface area contributed by atoms with Gasteiger partial charge in [-0.3, -0.25) is 14.4 Å². The Balaban J connectivity index is 2.36. The number of ether oxygens (including phenoxy) is 5. The third-order valence-corrected chi connectivity index (χ3v) is 13.5. The number of hydrogen-bond donors (Lipinski definition) is 1. The Labute approximate surface area is 400 Å². The second-order valence-corrected chi connectivity index (χ2v) is 19.5. The van der Waals surface area contributed by atoms with E-state index in [-0.39, 0.29) is 49.1 Å². The van der Waals surface area contributed by atoms with Gasteiger partial charge in [-0.25, -0.2) is 0 Å². The minimum absolute atomic E-state index is 0.0320. The van der Waals surface area contributed by atoms with Crippen LogP contribution in [-0.4, -0.2) is 93.0 Å². The molecular formula is C55H105NO9. The Morgan fingerprint density at radius 2 is 0.954 bits per heavy atom. The van der Waals surface area contributed by atoms with E-state index < -0.39 is 12.4 Å². The van der Waals surface area contributed by atoms with Gasteiger partial charge >= 0.3 is 17.9 Å². The molecule has 10 heteroatoms. The van der Waals surface area contributed by atoms with Crippen LogP contribution >= 0.6 is 0 Å². The standard InChI is InChI=1S/C55H105NO9/c1-6-10-14-18-20-28-38-48(36-26-16-12-8-3)54(59)62-45-35-25-24-32-42-56(43-33-34-44-57)41-31-23-22-30-40-52(58)65-53-46-50(61-5)51(64-53)47-63-55(60)49(37-27-17-13-9-4)39-29-21-19-15-11-7-2/h48-51,53,57H,6-47H2,1-5H3/t48?,49?,50-,51+,53-/m0/s1. The van der Waals surface area contributed by atoms with Gasteiger partial charge in [-0.2, -0.15) is 0 Å². The number of carbonyl (C=O) groups excluding carboxylic acids is 3. The van der Waals surface area contributed by atoms with Crippen molar-refractivity contribution in [2.45, 2.75) is 277 Å². The highest BCUT2D eigenvalue weighted by Crippen LogP contribution is 2.27. The SMILES string of the molecule is CCCCCCCCC(CCCCCC)C(=O)OCCCCCCN(CCCCO)CCCCCCC(=O)O[C@H]1C[C@H](OC)[C@@H](COC(=O)C(CCCCCC)CCCCCCCC)O1. The van der Waals surface area contributed by atoms with Crippen LogP contribution in [-0.2, 0) is 38.1 Å². The summed E-state index contributed by atoms with van der Waals surface area (Å²) >= 11 is 0. The number of carbonyl (C=O) groups is 3. The van der Waals surface area contributed by atoms with E-state index in [1.807, 2.05) is 0 Å². The zero-order valence-electron chi connectivity index (χ0n) is 43.2. The molecule has 2 unspecified atom stereocenters. The smallest absolute Gasteiger partial charge is 0.309 e. The largest absolute Gasteiger partial charge is 0.465 e. The summed E-state index contributed by atoms with van der Waals surface area (Å²) in [7, 11) is 1.63. The molecule has 1 aliphatic rings. The lowest BCUT2D eigenvalue weighted by Crippen LogP contribution is -2.31. The van der Waals surface area contributed by atoms with Crippen LogP contribution in [0.1, 0.15) is 259 Å². The zero-order valence-corrected chi connectivity index (χ0v) is 43.2. The van der Waals surface area contributed by atoms with Crippen molar-refractivity contribution in [2.75, 3.05) is 46.6 Å². The summed E-state index contributed by atoms with van der Waals surface area (Å²) in [6.07, 6.45) is 37.0. The molecule has 0 saturated carbocycles. The second kappa shape index (κ2) is 44.7. The Hall–Kier alpha value is -1.75. The molecule has 0 aromatic carbocycles. The van der Waals surface area contributed by atoms with Crippen LogP contribution in [0, 0.1) is 11.8 Å². The Kier molecular flexibility index (Phi) is 42.2. The van der Waals surface area contributed by atoms with Gasteiger partial charge in [0.15, 0.2) is 0 Å². The molecule has 0 spiro atoms. The Bertz CT molecular complexity index is 1090. The molecule has 1 saturated heterocycles. The molecule has 0 radical (unpaired) electrons. The van der Waals surface area contributed by atoms with Gasteiger partial charge in [-0.1, -0.05) is 182 Å². The van der Waals surface area contributed by atoms with E-state index in [2.05, 4.69) is 32.6 Å². The van der Waals surface area contributed by atoms with Gasteiger partial charge in [-0.15, -0.1) is 0 Å². The van der Waals surface area contributed by atoms with Crippen molar-refractivity contribution in [3.8, 4) is 0 Å². The molecule has 1 heterocycles. The maximum Gasteiger partial charge on any atom is 0.309 e. The molecule has 0 aromatic heterocycles. The molecular weight excluding hydrogens is 819 g/mol. The fourth-order valence-electron chi connectivity index (χ4n) is 9.20. The first kappa shape index (κ1) is 61.3. The number of unbranched alkanes of at least 4 members (excludes halogenated alkanes) is 23. The average Bonchev–Trinajstić information content (AvgIpc) is 3.70. The van der Waals surface area contributed by atoms with Gasteiger partial charge in [0.2, 0.25) is 6.29 Å². The predicted molar refractivity (Wildman–Crippen MR) is 267 cm³/mol. The maximum atomic E-state index is 13.2. The lowest BCUT2D eigenvalue weighted by atomic mass is 9.94. The van der Waals surface area contributed by atoms with E-state index in [0.29, 0.717) is 19.4 Å². The predicted octanol–water partition coefficient (Wildman–Crippen LogP) is 14.0. The summed E-state index contributed by atoms with van der Waals surface area (Å²) < 4.78 is 29.1. The molecule has 0 aliphatic carbocycles. The number of hydrogen-bond acceptors (Lipinski definition) is 10. The highest BCUT2D eigenvalue weighted by molar-refractivity contribution is 5.72. The lowest BCUT2D eigenvalue weighted by molar-refractivity contribution is -0.182. The fraction of sp³-hybridized carbons (Fsp3) is 0.945. The first-order chi connectivity index (χ1) is 31.8. The van der Waals surface area contributed by atoms with E-state index in [9.17, 15) is 19.5 Å². The first-order valence-corrected chi connectivity index (χ1v) is 27.9. The topological polar surface area (TPSA) is 121 Å². The number of esters is 3. The van der Waals surface area contributed by atoms with E-state index >= 15 is 0 Å². The summed E-state index contributed by atoms with van der Waals surface area (Å²) in [4.78, 5) is 41.6. The minimum Gasteiger partial charge on any atom is -0.465 e. The third-order valence-electron chi connectivity index (χ3n) is 13.5. The molecule has 384 valence electrons. The Morgan fingerprint density at radius 3 is 1.45 bits per heavy atom. The van der Waals surface area contributed by atoms with Crippen molar-refractivity contribution in [3.05, 3.63) is 0 Å². The van der Waals surface area contributed by atoms with E-state index in [1.54, 1.807) is 7.11 Å². The number of rotatable bonds is 48. The molecule has 1 rings (SSSR count). The van der Waals surface area contributed by atoms with Gasteiger partial charge < -0.3 is 33.7 Å². The first-order valence-electron chi connectivity index (χ1n) is 27.9. The fourth-order valence-corrected chi connectivity index (χ4v) is 9.20. The summed E-state index contributed by atoms with van der Waals surface area (Å²) in [5.41, 5.74) is 0. The number of nitrogens with zero attached hydrogens (tertiary/aromatic N) is 1. The summed E-state index contributed by atoms with van der Waals surface area (Å²) in [6, 6.07) is 0. The molecule has 1 aliphatic heterocycles. The quantitative estimate of drug-likeness (QED) is 0.0359. The minimum atomic E-state index is -0.691. The summed E-state index contributed by atoms with van der Waals surface area (Å²) in [6.45, 7) is 12.8. The van der Waals surface area contributed by atoms with Crippen molar-refractivity contribution in [3.63, 3.8) is 0 Å². The molecule has 1 fully saturated rings. The number of aliphatic hydroxyl groups excluding tert-OH is 1. The zero-order chi connectivity index (χ0) is 47.4. The molecule has 65 heavy (non-hydrogen) atoms. The third kappa shape index (κ3) is 34.2. The monoisotopic (exact) mass is 924 g/mol. The van der Waals surface area contributed by atoms with E-state index in [1.165, 1.54) is 89.9 Å². The normalized spacial score (nSPS) is 17.1. The van der Waals surface area contributed by atoms with Gasteiger partial charge in [0.1, 0.15) is 12.7 Å². The second-order valence-electron chi connectivity index (χ2n) is 19.5. The lowest BCUT2D eigenvalue weighted by Gasteiger charge is -2.22. The molecule has 1 N–H and O–H groups in total. The van der Waals surface area contributed by atoms with Crippen molar-refractivity contribution in [1.29, 1.82) is 0 Å². The highest BCUT2D eigenvalue weighted by Gasteiger charge is 2.39. The van der Waals surface area contributed by atoms with Crippen LogP contribution in [0.5, 0.6) is 0 Å². The number of methoxy groups -OCH3 is 1. The van der Waals surface area contributed by atoms with Crippen LogP contribution in [0.25, 0.3) is 0 Å². The van der Waals surface area contributed by atoms with Crippen LogP contribution in [0.3, 0.4) is 0 Å². The molecule has 0 amide bonds. The van der Waals surface area contributed by atoms with E-state index in [0.717, 1.165) is 148 Å². The summed E-state index contributed by atoms with van der Waals surface area (Å²) in [5, 5.41) is 9.36.